The predicted octanol–water partition coefficient (Wildman–Crippen LogP) is 4.29. The Hall–Kier alpha value is -1.98. The minimum absolute atomic E-state index is 0.0290. The van der Waals surface area contributed by atoms with E-state index in [1.807, 2.05) is 12.1 Å². The van der Waals surface area contributed by atoms with Crippen LogP contribution in [0.15, 0.2) is 48.5 Å². The summed E-state index contributed by atoms with van der Waals surface area (Å²) < 4.78 is 5.55. The topological polar surface area (TPSA) is 55.4 Å². The van der Waals surface area contributed by atoms with E-state index in [9.17, 15) is 9.59 Å². The number of amides is 1. The molecule has 0 radical (unpaired) electrons. The summed E-state index contributed by atoms with van der Waals surface area (Å²) in [5.41, 5.74) is 1.21. The maximum Gasteiger partial charge on any atom is 0.234 e. The lowest BCUT2D eigenvalue weighted by Crippen LogP contribution is -2.15. The predicted molar refractivity (Wildman–Crippen MR) is 99.3 cm³/mol. The number of benzene rings is 2. The normalized spacial score (nSPS) is 10.2. The molecule has 2 aromatic carbocycles. The smallest absolute Gasteiger partial charge is 0.234 e. The number of hydrogen-bond donors (Lipinski definition) is 1. The highest BCUT2D eigenvalue weighted by Crippen LogP contribution is 2.17. The summed E-state index contributed by atoms with van der Waals surface area (Å²) in [4.78, 5) is 23.2. The number of anilines is 1. The fourth-order valence-corrected chi connectivity index (χ4v) is 2.74. The molecule has 4 nitrogen and oxygen atoms in total. The SMILES string of the molecule is CC(=O)c1cccc(NC(=O)CSCCOc2cccc(Cl)c2)c1. The van der Waals surface area contributed by atoms with Crippen LogP contribution in [0.2, 0.25) is 5.02 Å². The van der Waals surface area contributed by atoms with E-state index in [0.717, 1.165) is 0 Å². The Morgan fingerprint density at radius 1 is 1.17 bits per heavy atom. The van der Waals surface area contributed by atoms with Crippen LogP contribution in [0, 0.1) is 0 Å². The largest absolute Gasteiger partial charge is 0.493 e. The van der Waals surface area contributed by atoms with Gasteiger partial charge in [0.05, 0.1) is 12.4 Å². The van der Waals surface area contributed by atoms with Crippen molar-refractivity contribution in [3.05, 3.63) is 59.1 Å². The van der Waals surface area contributed by atoms with E-state index in [0.29, 0.717) is 40.1 Å². The fourth-order valence-electron chi connectivity index (χ4n) is 1.95. The summed E-state index contributed by atoms with van der Waals surface area (Å²) >= 11 is 7.35. The number of carbonyl (C=O) groups is 2. The van der Waals surface area contributed by atoms with Crippen molar-refractivity contribution in [2.75, 3.05) is 23.4 Å². The molecule has 1 N–H and O–H groups in total. The first kappa shape index (κ1) is 18.4. The van der Waals surface area contributed by atoms with Gasteiger partial charge in [-0.2, -0.15) is 0 Å². The number of carbonyl (C=O) groups excluding carboxylic acids is 2. The van der Waals surface area contributed by atoms with E-state index < -0.39 is 0 Å². The van der Waals surface area contributed by atoms with Crippen LogP contribution in [0.25, 0.3) is 0 Å². The average Bonchev–Trinajstić information content (AvgIpc) is 2.55. The number of halogens is 1. The first-order chi connectivity index (χ1) is 11.5. The first-order valence-electron chi connectivity index (χ1n) is 7.41. The van der Waals surface area contributed by atoms with Crippen molar-refractivity contribution in [3.63, 3.8) is 0 Å². The molecule has 0 aliphatic carbocycles. The van der Waals surface area contributed by atoms with Crippen LogP contribution in [-0.4, -0.2) is 29.8 Å². The van der Waals surface area contributed by atoms with Crippen LogP contribution < -0.4 is 10.1 Å². The van der Waals surface area contributed by atoms with E-state index in [1.165, 1.54) is 18.7 Å². The van der Waals surface area contributed by atoms with Crippen LogP contribution in [0.3, 0.4) is 0 Å². The zero-order valence-electron chi connectivity index (χ0n) is 13.3. The maximum absolute atomic E-state index is 11.9. The van der Waals surface area contributed by atoms with Crippen molar-refractivity contribution >= 4 is 40.7 Å². The quantitative estimate of drug-likeness (QED) is 0.561. The molecule has 126 valence electrons. The molecule has 0 bridgehead atoms. The van der Waals surface area contributed by atoms with Gasteiger partial charge < -0.3 is 10.1 Å². The van der Waals surface area contributed by atoms with Gasteiger partial charge in [0.1, 0.15) is 5.75 Å². The molecule has 0 atom stereocenters. The van der Waals surface area contributed by atoms with Gasteiger partial charge in [0.2, 0.25) is 5.91 Å². The van der Waals surface area contributed by atoms with Crippen LogP contribution in [0.4, 0.5) is 5.69 Å². The Balaban J connectivity index is 1.68. The summed E-state index contributed by atoms with van der Waals surface area (Å²) in [6.45, 7) is 1.99. The van der Waals surface area contributed by atoms with E-state index in [1.54, 1.807) is 36.4 Å². The third-order valence-electron chi connectivity index (χ3n) is 3.08. The lowest BCUT2D eigenvalue weighted by atomic mass is 10.1. The second kappa shape index (κ2) is 9.35. The Kier molecular flexibility index (Phi) is 7.15. The Labute approximate surface area is 150 Å². The van der Waals surface area contributed by atoms with Gasteiger partial charge in [-0.05, 0) is 37.3 Å². The molecule has 2 rings (SSSR count). The van der Waals surface area contributed by atoms with Crippen LogP contribution in [-0.2, 0) is 4.79 Å². The Bertz CT molecular complexity index is 721. The van der Waals surface area contributed by atoms with E-state index in [4.69, 9.17) is 16.3 Å². The van der Waals surface area contributed by atoms with Gasteiger partial charge in [0.25, 0.3) is 0 Å². The summed E-state index contributed by atoms with van der Waals surface area (Å²) in [6.07, 6.45) is 0. The van der Waals surface area contributed by atoms with Crippen molar-refractivity contribution < 1.29 is 14.3 Å². The van der Waals surface area contributed by atoms with Crippen molar-refractivity contribution in [2.45, 2.75) is 6.92 Å². The zero-order chi connectivity index (χ0) is 17.4. The molecule has 0 spiro atoms. The third-order valence-corrected chi connectivity index (χ3v) is 4.24. The van der Waals surface area contributed by atoms with E-state index in [-0.39, 0.29) is 11.7 Å². The van der Waals surface area contributed by atoms with Gasteiger partial charge in [0.15, 0.2) is 5.78 Å². The summed E-state index contributed by atoms with van der Waals surface area (Å²) in [5, 5.41) is 3.41. The summed E-state index contributed by atoms with van der Waals surface area (Å²) in [6, 6.07) is 14.1. The third kappa shape index (κ3) is 6.26. The van der Waals surface area contributed by atoms with E-state index >= 15 is 0 Å². The average molecular weight is 364 g/mol. The van der Waals surface area contributed by atoms with Crippen molar-refractivity contribution in [2.24, 2.45) is 0 Å². The number of ketones is 1. The fraction of sp³-hybridized carbons (Fsp3) is 0.222. The zero-order valence-corrected chi connectivity index (χ0v) is 14.8. The number of rotatable bonds is 8. The highest BCUT2D eigenvalue weighted by molar-refractivity contribution is 7.99. The van der Waals surface area contributed by atoms with Crippen molar-refractivity contribution in [1.29, 1.82) is 0 Å². The maximum atomic E-state index is 11.9. The molecule has 0 fully saturated rings. The molecule has 0 unspecified atom stereocenters. The lowest BCUT2D eigenvalue weighted by molar-refractivity contribution is -0.113. The summed E-state index contributed by atoms with van der Waals surface area (Å²) in [5.74, 6) is 1.59. The summed E-state index contributed by atoms with van der Waals surface area (Å²) in [7, 11) is 0. The van der Waals surface area contributed by atoms with Gasteiger partial charge in [-0.25, -0.2) is 0 Å². The standard InChI is InChI=1S/C18H18ClNO3S/c1-13(21)14-4-2-6-16(10-14)20-18(22)12-24-9-8-23-17-7-3-5-15(19)11-17/h2-7,10-11H,8-9,12H2,1H3,(H,20,22). The lowest BCUT2D eigenvalue weighted by Gasteiger charge is -2.08. The number of thioether (sulfide) groups is 1. The first-order valence-corrected chi connectivity index (χ1v) is 8.95. The van der Waals surface area contributed by atoms with E-state index in [2.05, 4.69) is 5.32 Å². The van der Waals surface area contributed by atoms with Crippen molar-refractivity contribution in [1.82, 2.24) is 0 Å². The monoisotopic (exact) mass is 363 g/mol. The molecular weight excluding hydrogens is 346 g/mol. The van der Waals surface area contributed by atoms with Gasteiger partial charge in [0, 0.05) is 22.0 Å². The van der Waals surface area contributed by atoms with Crippen molar-refractivity contribution in [3.8, 4) is 5.75 Å². The van der Waals surface area contributed by atoms with Gasteiger partial charge >= 0.3 is 0 Å². The molecule has 0 saturated heterocycles. The molecule has 0 aromatic heterocycles. The highest BCUT2D eigenvalue weighted by atomic mass is 35.5. The molecule has 0 aliphatic heterocycles. The number of nitrogens with one attached hydrogen (secondary N) is 1. The van der Waals surface area contributed by atoms with Gasteiger partial charge in [-0.1, -0.05) is 29.8 Å². The highest BCUT2D eigenvalue weighted by Gasteiger charge is 2.05. The molecule has 0 aliphatic rings. The number of ether oxygens (including phenoxy) is 1. The van der Waals surface area contributed by atoms with Crippen LogP contribution in [0.1, 0.15) is 17.3 Å². The van der Waals surface area contributed by atoms with Gasteiger partial charge in [-0.3, -0.25) is 9.59 Å². The molecule has 1 amide bonds. The molecule has 2 aromatic rings. The van der Waals surface area contributed by atoms with Gasteiger partial charge in [-0.15, -0.1) is 11.8 Å². The molecule has 6 heteroatoms. The molecule has 0 saturated carbocycles. The Morgan fingerprint density at radius 3 is 2.71 bits per heavy atom. The van der Waals surface area contributed by atoms with Crippen LogP contribution in [0.5, 0.6) is 5.75 Å². The molecule has 0 heterocycles. The molecular formula is C18H18ClNO3S. The number of Topliss-reactive ketones (excluding diaryl/α,β-unsaturated/α-hetero) is 1. The minimum atomic E-state index is -0.108. The second-order valence-corrected chi connectivity index (χ2v) is 6.59. The minimum Gasteiger partial charge on any atom is -0.493 e. The van der Waals surface area contributed by atoms with Crippen LogP contribution >= 0.6 is 23.4 Å². The second-order valence-electron chi connectivity index (χ2n) is 5.04. The Morgan fingerprint density at radius 2 is 1.96 bits per heavy atom. The number of hydrogen-bond acceptors (Lipinski definition) is 4. The molecule has 24 heavy (non-hydrogen) atoms.